The minimum atomic E-state index is -0.994. The van der Waals surface area contributed by atoms with E-state index in [1.807, 2.05) is 0 Å². The molecular weight excluding hydrogens is 352 g/mol. The van der Waals surface area contributed by atoms with Gasteiger partial charge < -0.3 is 15.4 Å². The predicted octanol–water partition coefficient (Wildman–Crippen LogP) is 2.70. The molecule has 2 amide bonds. The standard InChI is InChI=1S/C16H15ClN2O4S/c1-10(15(21)19-12-6-4-11(17)5-7-12)23-14(20)9-18-16(22)13-3-2-8-24-13/h2-8,10H,9H2,1H3,(H,18,22)(H,19,21)/t10-/m0/s1. The van der Waals surface area contributed by atoms with Crippen LogP contribution in [0.25, 0.3) is 0 Å². The molecule has 0 aliphatic heterocycles. The SMILES string of the molecule is C[C@H](OC(=O)CNC(=O)c1cccs1)C(=O)Nc1ccc(Cl)cc1. The number of benzene rings is 1. The number of thiophene rings is 1. The normalized spacial score (nSPS) is 11.4. The fraction of sp³-hybridized carbons (Fsp3) is 0.188. The van der Waals surface area contributed by atoms with Crippen molar-refractivity contribution in [2.45, 2.75) is 13.0 Å². The molecule has 1 aromatic carbocycles. The molecule has 0 spiro atoms. The number of hydrogen-bond acceptors (Lipinski definition) is 5. The number of hydrogen-bond donors (Lipinski definition) is 2. The monoisotopic (exact) mass is 366 g/mol. The van der Waals surface area contributed by atoms with E-state index in [-0.39, 0.29) is 12.5 Å². The van der Waals surface area contributed by atoms with Gasteiger partial charge in [-0.2, -0.15) is 0 Å². The fourth-order valence-electron chi connectivity index (χ4n) is 1.72. The lowest BCUT2D eigenvalue weighted by Gasteiger charge is -2.13. The van der Waals surface area contributed by atoms with Gasteiger partial charge in [0.05, 0.1) is 4.88 Å². The summed E-state index contributed by atoms with van der Waals surface area (Å²) in [7, 11) is 0. The van der Waals surface area contributed by atoms with Gasteiger partial charge in [0.15, 0.2) is 6.10 Å². The first-order chi connectivity index (χ1) is 11.5. The molecule has 1 atom stereocenters. The minimum Gasteiger partial charge on any atom is -0.451 e. The Kier molecular flexibility index (Phi) is 6.34. The molecule has 126 valence electrons. The van der Waals surface area contributed by atoms with Crippen LogP contribution >= 0.6 is 22.9 Å². The predicted molar refractivity (Wildman–Crippen MR) is 92.3 cm³/mol. The maximum Gasteiger partial charge on any atom is 0.326 e. The molecule has 0 saturated heterocycles. The molecule has 0 fully saturated rings. The van der Waals surface area contributed by atoms with Crippen molar-refractivity contribution in [1.82, 2.24) is 5.32 Å². The van der Waals surface area contributed by atoms with Crippen molar-refractivity contribution in [3.63, 3.8) is 0 Å². The number of carbonyl (C=O) groups is 3. The number of nitrogens with one attached hydrogen (secondary N) is 2. The van der Waals surface area contributed by atoms with Crippen LogP contribution in [-0.2, 0) is 14.3 Å². The van der Waals surface area contributed by atoms with Crippen LogP contribution in [0.2, 0.25) is 5.02 Å². The van der Waals surface area contributed by atoms with Crippen LogP contribution in [0, 0.1) is 0 Å². The average molecular weight is 367 g/mol. The first-order valence-electron chi connectivity index (χ1n) is 7.03. The van der Waals surface area contributed by atoms with Crippen molar-refractivity contribution in [3.8, 4) is 0 Å². The molecule has 2 aromatic rings. The summed E-state index contributed by atoms with van der Waals surface area (Å²) >= 11 is 7.03. The number of carbonyl (C=O) groups excluding carboxylic acids is 3. The number of anilines is 1. The van der Waals surface area contributed by atoms with Crippen molar-refractivity contribution in [1.29, 1.82) is 0 Å². The Morgan fingerprint density at radius 3 is 2.54 bits per heavy atom. The lowest BCUT2D eigenvalue weighted by Crippen LogP contribution is -2.35. The molecule has 1 heterocycles. The Hall–Kier alpha value is -2.38. The molecule has 0 radical (unpaired) electrons. The van der Waals surface area contributed by atoms with E-state index >= 15 is 0 Å². The van der Waals surface area contributed by atoms with Crippen molar-refractivity contribution < 1.29 is 19.1 Å². The van der Waals surface area contributed by atoms with E-state index < -0.39 is 18.0 Å². The summed E-state index contributed by atoms with van der Waals surface area (Å²) in [6.45, 7) is 1.14. The molecule has 6 nitrogen and oxygen atoms in total. The van der Waals surface area contributed by atoms with Crippen molar-refractivity contribution in [2.24, 2.45) is 0 Å². The van der Waals surface area contributed by atoms with Gasteiger partial charge in [0.25, 0.3) is 11.8 Å². The third kappa shape index (κ3) is 5.36. The fourth-order valence-corrected chi connectivity index (χ4v) is 2.48. The van der Waals surface area contributed by atoms with Crippen molar-refractivity contribution in [3.05, 3.63) is 51.7 Å². The van der Waals surface area contributed by atoms with Crippen molar-refractivity contribution in [2.75, 3.05) is 11.9 Å². The van der Waals surface area contributed by atoms with Crippen LogP contribution < -0.4 is 10.6 Å². The summed E-state index contributed by atoms with van der Waals surface area (Å²) in [6.07, 6.45) is -0.994. The molecular formula is C16H15ClN2O4S. The van der Waals surface area contributed by atoms with Gasteiger partial charge in [0.1, 0.15) is 6.54 Å². The smallest absolute Gasteiger partial charge is 0.326 e. The summed E-state index contributed by atoms with van der Waals surface area (Å²) < 4.78 is 4.99. The first-order valence-corrected chi connectivity index (χ1v) is 8.29. The van der Waals surface area contributed by atoms with Crippen LogP contribution in [0.15, 0.2) is 41.8 Å². The second kappa shape index (κ2) is 8.47. The van der Waals surface area contributed by atoms with E-state index in [4.69, 9.17) is 16.3 Å². The molecule has 24 heavy (non-hydrogen) atoms. The quantitative estimate of drug-likeness (QED) is 0.770. The summed E-state index contributed by atoms with van der Waals surface area (Å²) in [5.41, 5.74) is 0.540. The van der Waals surface area contributed by atoms with E-state index in [9.17, 15) is 14.4 Å². The zero-order valence-corrected chi connectivity index (χ0v) is 14.3. The van der Waals surface area contributed by atoms with Gasteiger partial charge in [0.2, 0.25) is 0 Å². The number of halogens is 1. The summed E-state index contributed by atoms with van der Waals surface area (Å²) in [5.74, 6) is -1.53. The first kappa shape index (κ1) is 18.0. The third-order valence-corrected chi connectivity index (χ3v) is 4.05. The minimum absolute atomic E-state index is 0.310. The molecule has 1 aromatic heterocycles. The van der Waals surface area contributed by atoms with Crippen LogP contribution in [0.5, 0.6) is 0 Å². The van der Waals surface area contributed by atoms with E-state index in [0.717, 1.165) is 0 Å². The van der Waals surface area contributed by atoms with E-state index in [1.165, 1.54) is 18.3 Å². The molecule has 2 rings (SSSR count). The second-order valence-corrected chi connectivity index (χ2v) is 6.17. The highest BCUT2D eigenvalue weighted by Gasteiger charge is 2.18. The molecule has 2 N–H and O–H groups in total. The molecule has 0 saturated carbocycles. The van der Waals surface area contributed by atoms with Crippen LogP contribution in [-0.4, -0.2) is 30.4 Å². The molecule has 0 unspecified atom stereocenters. The highest BCUT2D eigenvalue weighted by molar-refractivity contribution is 7.12. The molecule has 0 bridgehead atoms. The lowest BCUT2D eigenvalue weighted by atomic mass is 10.3. The Balaban J connectivity index is 1.77. The van der Waals surface area contributed by atoms with E-state index in [2.05, 4.69) is 10.6 Å². The van der Waals surface area contributed by atoms with Crippen LogP contribution in [0.4, 0.5) is 5.69 Å². The third-order valence-electron chi connectivity index (χ3n) is 2.93. The van der Waals surface area contributed by atoms with Gasteiger partial charge in [-0.15, -0.1) is 11.3 Å². The zero-order valence-electron chi connectivity index (χ0n) is 12.7. The van der Waals surface area contributed by atoms with Gasteiger partial charge in [-0.25, -0.2) is 0 Å². The molecule has 8 heteroatoms. The van der Waals surface area contributed by atoms with Gasteiger partial charge in [-0.05, 0) is 42.6 Å². The van der Waals surface area contributed by atoms with E-state index in [1.54, 1.807) is 41.8 Å². The topological polar surface area (TPSA) is 84.5 Å². The summed E-state index contributed by atoms with van der Waals surface area (Å²) in [5, 5.41) is 7.35. The Bertz CT molecular complexity index is 716. The largest absolute Gasteiger partial charge is 0.451 e. The van der Waals surface area contributed by atoms with Crippen LogP contribution in [0.1, 0.15) is 16.6 Å². The van der Waals surface area contributed by atoms with Crippen LogP contribution in [0.3, 0.4) is 0 Å². The summed E-state index contributed by atoms with van der Waals surface area (Å²) in [4.78, 5) is 35.8. The summed E-state index contributed by atoms with van der Waals surface area (Å²) in [6, 6.07) is 9.92. The Morgan fingerprint density at radius 2 is 1.92 bits per heavy atom. The Morgan fingerprint density at radius 1 is 1.21 bits per heavy atom. The second-order valence-electron chi connectivity index (χ2n) is 4.79. The number of amides is 2. The maximum atomic E-state index is 12.0. The average Bonchev–Trinajstić information content (AvgIpc) is 3.09. The zero-order chi connectivity index (χ0) is 17.5. The van der Waals surface area contributed by atoms with Gasteiger partial charge in [-0.1, -0.05) is 17.7 Å². The van der Waals surface area contributed by atoms with Gasteiger partial charge in [-0.3, -0.25) is 14.4 Å². The highest BCUT2D eigenvalue weighted by atomic mass is 35.5. The lowest BCUT2D eigenvalue weighted by molar-refractivity contribution is -0.152. The number of rotatable bonds is 6. The number of esters is 1. The van der Waals surface area contributed by atoms with Gasteiger partial charge >= 0.3 is 5.97 Å². The molecule has 0 aliphatic rings. The Labute approximate surface area is 147 Å². The highest BCUT2D eigenvalue weighted by Crippen LogP contribution is 2.14. The van der Waals surface area contributed by atoms with E-state index in [0.29, 0.717) is 15.6 Å². The number of ether oxygens (including phenoxy) is 1. The molecule has 0 aliphatic carbocycles. The maximum absolute atomic E-state index is 12.0. The van der Waals surface area contributed by atoms with Crippen molar-refractivity contribution >= 4 is 46.4 Å². The van der Waals surface area contributed by atoms with Gasteiger partial charge in [0, 0.05) is 10.7 Å².